The molecular formula is C20H16N6. The number of nitrogens with zero attached hydrogens (tertiary/aromatic N) is 6. The first-order valence-electron chi connectivity index (χ1n) is 8.42. The van der Waals surface area contributed by atoms with E-state index in [1.54, 1.807) is 4.68 Å². The molecule has 5 rings (SSSR count). The van der Waals surface area contributed by atoms with Gasteiger partial charge in [-0.1, -0.05) is 12.1 Å². The van der Waals surface area contributed by atoms with E-state index in [0.717, 1.165) is 39.8 Å². The van der Waals surface area contributed by atoms with E-state index in [1.807, 2.05) is 54.7 Å². The van der Waals surface area contributed by atoms with Gasteiger partial charge in [-0.05, 0) is 29.8 Å². The van der Waals surface area contributed by atoms with Crippen LogP contribution >= 0.6 is 0 Å². The summed E-state index contributed by atoms with van der Waals surface area (Å²) in [4.78, 5) is 9.19. The summed E-state index contributed by atoms with van der Waals surface area (Å²) < 4.78 is 3.60. The first kappa shape index (κ1) is 14.8. The van der Waals surface area contributed by atoms with E-state index < -0.39 is 0 Å². The predicted octanol–water partition coefficient (Wildman–Crippen LogP) is 3.27. The van der Waals surface area contributed by atoms with Gasteiger partial charge in [0.25, 0.3) is 0 Å². The monoisotopic (exact) mass is 340 g/mol. The SMILES string of the molecule is Cn1cc(-c2ccn3ncc(Cc4ccc5ncccc5c4)c3n2)cn1. The molecule has 6 nitrogen and oxygen atoms in total. The van der Waals surface area contributed by atoms with Crippen LogP contribution in [-0.2, 0) is 13.5 Å². The van der Waals surface area contributed by atoms with Crippen LogP contribution in [0.5, 0.6) is 0 Å². The maximum Gasteiger partial charge on any atom is 0.159 e. The molecule has 0 aliphatic rings. The van der Waals surface area contributed by atoms with Gasteiger partial charge in [0.2, 0.25) is 0 Å². The van der Waals surface area contributed by atoms with Crippen molar-refractivity contribution in [3.05, 3.63) is 78.5 Å². The molecular weight excluding hydrogens is 324 g/mol. The van der Waals surface area contributed by atoms with Gasteiger partial charge in [0.1, 0.15) is 0 Å². The Kier molecular flexibility index (Phi) is 3.28. The molecule has 0 aliphatic heterocycles. The zero-order valence-corrected chi connectivity index (χ0v) is 14.2. The van der Waals surface area contributed by atoms with Crippen molar-refractivity contribution < 1.29 is 0 Å². The maximum absolute atomic E-state index is 4.81. The minimum absolute atomic E-state index is 0.776. The molecule has 0 saturated carbocycles. The quantitative estimate of drug-likeness (QED) is 0.506. The molecule has 1 aromatic carbocycles. The van der Waals surface area contributed by atoms with Crippen LogP contribution in [0.25, 0.3) is 27.8 Å². The highest BCUT2D eigenvalue weighted by molar-refractivity contribution is 5.79. The largest absolute Gasteiger partial charge is 0.275 e. The lowest BCUT2D eigenvalue weighted by Gasteiger charge is -2.03. The smallest absolute Gasteiger partial charge is 0.159 e. The summed E-state index contributed by atoms with van der Waals surface area (Å²) >= 11 is 0. The highest BCUT2D eigenvalue weighted by Crippen LogP contribution is 2.21. The zero-order chi connectivity index (χ0) is 17.5. The van der Waals surface area contributed by atoms with Crippen LogP contribution in [0, 0.1) is 0 Å². The molecule has 0 atom stereocenters. The van der Waals surface area contributed by atoms with Gasteiger partial charge in [-0.25, -0.2) is 9.50 Å². The van der Waals surface area contributed by atoms with E-state index >= 15 is 0 Å². The molecule has 0 bridgehead atoms. The Morgan fingerprint density at radius 1 is 1.04 bits per heavy atom. The van der Waals surface area contributed by atoms with Crippen molar-refractivity contribution in [2.24, 2.45) is 7.05 Å². The van der Waals surface area contributed by atoms with Crippen molar-refractivity contribution in [3.8, 4) is 11.3 Å². The van der Waals surface area contributed by atoms with Crippen molar-refractivity contribution in [1.82, 2.24) is 29.4 Å². The summed E-state index contributed by atoms with van der Waals surface area (Å²) in [7, 11) is 1.90. The summed E-state index contributed by atoms with van der Waals surface area (Å²) in [6.45, 7) is 0. The van der Waals surface area contributed by atoms with Gasteiger partial charge < -0.3 is 0 Å². The number of fused-ring (bicyclic) bond motifs is 2. The molecule has 0 aliphatic carbocycles. The van der Waals surface area contributed by atoms with E-state index in [9.17, 15) is 0 Å². The summed E-state index contributed by atoms with van der Waals surface area (Å²) in [6, 6.07) is 12.4. The second-order valence-electron chi connectivity index (χ2n) is 6.36. The van der Waals surface area contributed by atoms with Gasteiger partial charge in [0.05, 0.1) is 23.6 Å². The Hall–Kier alpha value is -3.54. The lowest BCUT2D eigenvalue weighted by molar-refractivity contribution is 0.768. The van der Waals surface area contributed by atoms with Gasteiger partial charge in [-0.15, -0.1) is 0 Å². The predicted molar refractivity (Wildman–Crippen MR) is 99.7 cm³/mol. The zero-order valence-electron chi connectivity index (χ0n) is 14.2. The van der Waals surface area contributed by atoms with Crippen LogP contribution in [0.2, 0.25) is 0 Å². The van der Waals surface area contributed by atoms with E-state index in [-0.39, 0.29) is 0 Å². The molecule has 126 valence electrons. The first-order chi connectivity index (χ1) is 12.8. The van der Waals surface area contributed by atoms with Crippen LogP contribution in [0.3, 0.4) is 0 Å². The number of rotatable bonds is 3. The van der Waals surface area contributed by atoms with Gasteiger partial charge in [0, 0.05) is 48.6 Å². The number of benzene rings is 1. The highest BCUT2D eigenvalue weighted by Gasteiger charge is 2.10. The standard InChI is InChI=1S/C20H16N6/c1-25-13-17(12-22-25)19-6-8-26-20(24-19)16(11-23-26)10-14-4-5-18-15(9-14)3-2-7-21-18/h2-9,11-13H,10H2,1H3. The van der Waals surface area contributed by atoms with Crippen LogP contribution < -0.4 is 0 Å². The number of pyridine rings is 1. The highest BCUT2D eigenvalue weighted by atomic mass is 15.3. The minimum atomic E-state index is 0.776. The Labute approximate surface area is 149 Å². The third-order valence-electron chi connectivity index (χ3n) is 4.50. The molecule has 5 aromatic rings. The lowest BCUT2D eigenvalue weighted by Crippen LogP contribution is -1.94. The molecule has 4 aromatic heterocycles. The van der Waals surface area contributed by atoms with Crippen LogP contribution in [-0.4, -0.2) is 29.4 Å². The van der Waals surface area contributed by atoms with Crippen LogP contribution in [0.15, 0.2) is 67.4 Å². The van der Waals surface area contributed by atoms with Gasteiger partial charge in [0.15, 0.2) is 5.65 Å². The molecule has 0 unspecified atom stereocenters. The molecule has 0 N–H and O–H groups in total. The topological polar surface area (TPSA) is 60.9 Å². The fourth-order valence-electron chi connectivity index (χ4n) is 3.21. The fraction of sp³-hybridized carbons (Fsp3) is 0.100. The second kappa shape index (κ2) is 5.77. The van der Waals surface area contributed by atoms with Gasteiger partial charge >= 0.3 is 0 Å². The normalized spacial score (nSPS) is 11.4. The van der Waals surface area contributed by atoms with Gasteiger partial charge in [-0.2, -0.15) is 10.2 Å². The summed E-state index contributed by atoms with van der Waals surface area (Å²) in [5.41, 5.74) is 6.09. The molecule has 0 spiro atoms. The van der Waals surface area contributed by atoms with E-state index in [4.69, 9.17) is 4.98 Å². The minimum Gasteiger partial charge on any atom is -0.275 e. The Morgan fingerprint density at radius 2 is 2.00 bits per heavy atom. The maximum atomic E-state index is 4.81. The van der Waals surface area contributed by atoms with Crippen molar-refractivity contribution in [3.63, 3.8) is 0 Å². The molecule has 26 heavy (non-hydrogen) atoms. The number of aromatic nitrogens is 6. The molecule has 6 heteroatoms. The van der Waals surface area contributed by atoms with E-state index in [2.05, 4.69) is 39.4 Å². The van der Waals surface area contributed by atoms with Crippen molar-refractivity contribution in [2.75, 3.05) is 0 Å². The number of hydrogen-bond donors (Lipinski definition) is 0. The van der Waals surface area contributed by atoms with Crippen molar-refractivity contribution in [2.45, 2.75) is 6.42 Å². The third kappa shape index (κ3) is 2.52. The average molecular weight is 340 g/mol. The van der Waals surface area contributed by atoms with E-state index in [1.165, 1.54) is 5.56 Å². The Bertz CT molecular complexity index is 1230. The molecule has 0 amide bonds. The lowest BCUT2D eigenvalue weighted by atomic mass is 10.0. The van der Waals surface area contributed by atoms with E-state index in [0.29, 0.717) is 0 Å². The second-order valence-corrected chi connectivity index (χ2v) is 6.36. The van der Waals surface area contributed by atoms with Crippen molar-refractivity contribution in [1.29, 1.82) is 0 Å². The van der Waals surface area contributed by atoms with Crippen LogP contribution in [0.1, 0.15) is 11.1 Å². The Balaban J connectivity index is 1.55. The molecule has 0 radical (unpaired) electrons. The number of aryl methyl sites for hydroxylation is 1. The van der Waals surface area contributed by atoms with Crippen molar-refractivity contribution >= 4 is 16.6 Å². The van der Waals surface area contributed by atoms with Gasteiger partial charge in [-0.3, -0.25) is 9.67 Å². The molecule has 0 saturated heterocycles. The summed E-state index contributed by atoms with van der Waals surface area (Å²) in [5, 5.41) is 9.81. The summed E-state index contributed by atoms with van der Waals surface area (Å²) in [6.07, 6.45) is 10.2. The molecule has 4 heterocycles. The number of hydrogen-bond acceptors (Lipinski definition) is 4. The Morgan fingerprint density at radius 3 is 2.88 bits per heavy atom. The summed E-state index contributed by atoms with van der Waals surface area (Å²) in [5.74, 6) is 0. The average Bonchev–Trinajstić information content (AvgIpc) is 3.28. The van der Waals surface area contributed by atoms with Crippen LogP contribution in [0.4, 0.5) is 0 Å². The fourth-order valence-corrected chi connectivity index (χ4v) is 3.21. The molecule has 0 fully saturated rings. The first-order valence-corrected chi connectivity index (χ1v) is 8.42. The third-order valence-corrected chi connectivity index (χ3v) is 4.50.